The van der Waals surface area contributed by atoms with Crippen LogP contribution in [-0.4, -0.2) is 4.98 Å². The Labute approximate surface area is 250 Å². The summed E-state index contributed by atoms with van der Waals surface area (Å²) in [5, 5.41) is 9.19. The molecule has 7 aromatic carbocycles. The third kappa shape index (κ3) is 2.89. The van der Waals surface area contributed by atoms with Crippen molar-refractivity contribution < 1.29 is 0 Å². The highest BCUT2D eigenvalue weighted by molar-refractivity contribution is 6.30. The van der Waals surface area contributed by atoms with Crippen molar-refractivity contribution in [2.45, 2.75) is 20.8 Å². The fourth-order valence-corrected chi connectivity index (χ4v) is 8.16. The van der Waals surface area contributed by atoms with Gasteiger partial charge in [0.25, 0.3) is 0 Å². The van der Waals surface area contributed by atoms with Gasteiger partial charge in [-0.1, -0.05) is 96.6 Å². The predicted octanol–water partition coefficient (Wildman–Crippen LogP) is 11.6. The Hall–Kier alpha value is -5.27. The monoisotopic (exact) mass is 545 g/mol. The zero-order valence-corrected chi connectivity index (χ0v) is 24.3. The van der Waals surface area contributed by atoms with Crippen LogP contribution in [0.3, 0.4) is 0 Å². The standard InChI is InChI=1S/C42H27N/c1-22-12-14-28-33(18-22)36(32-17-16-30-25-8-4-5-9-26(25)37-19-24(3)43-42(32)41(30)37)20-35-31-15-13-23(2)39-29-11-7-6-10-27(29)38(40(31)39)21-34(28)35/h4-21H,1-3H3. The first-order valence-corrected chi connectivity index (χ1v) is 15.1. The van der Waals surface area contributed by atoms with Crippen LogP contribution in [0.2, 0.25) is 0 Å². The number of hydrogen-bond donors (Lipinski definition) is 0. The highest BCUT2D eigenvalue weighted by Gasteiger charge is 2.27. The van der Waals surface area contributed by atoms with E-state index < -0.39 is 0 Å². The molecule has 0 aliphatic heterocycles. The van der Waals surface area contributed by atoms with E-state index in [-0.39, 0.29) is 0 Å². The summed E-state index contributed by atoms with van der Waals surface area (Å²) in [6.07, 6.45) is 0. The summed E-state index contributed by atoms with van der Waals surface area (Å²) < 4.78 is 0. The SMILES string of the molecule is Cc1ccc2c(c1)c(-c1ccc3c4c(cc(C)nc14)-c1ccccc1-3)cc1c3ccc(C)c4c3c(cc21)-c1ccccc1-4. The van der Waals surface area contributed by atoms with Gasteiger partial charge in [-0.05, 0) is 127 Å². The number of rotatable bonds is 1. The molecule has 0 fully saturated rings. The highest BCUT2D eigenvalue weighted by Crippen LogP contribution is 2.53. The van der Waals surface area contributed by atoms with Crippen molar-refractivity contribution in [1.29, 1.82) is 0 Å². The number of aryl methyl sites for hydroxylation is 3. The average Bonchev–Trinajstić information content (AvgIpc) is 3.53. The zero-order chi connectivity index (χ0) is 28.6. The lowest BCUT2D eigenvalue weighted by Gasteiger charge is -2.17. The predicted molar refractivity (Wildman–Crippen MR) is 183 cm³/mol. The summed E-state index contributed by atoms with van der Waals surface area (Å²) >= 11 is 0. The lowest BCUT2D eigenvalue weighted by atomic mass is 9.87. The number of pyridine rings is 1. The molecule has 1 nitrogen and oxygen atoms in total. The summed E-state index contributed by atoms with van der Waals surface area (Å²) in [7, 11) is 0. The van der Waals surface area contributed by atoms with Crippen LogP contribution in [0.4, 0.5) is 0 Å². The molecule has 200 valence electrons. The Kier molecular flexibility index (Phi) is 4.32. The van der Waals surface area contributed by atoms with Crippen LogP contribution < -0.4 is 0 Å². The van der Waals surface area contributed by atoms with Gasteiger partial charge in [-0.25, -0.2) is 0 Å². The van der Waals surface area contributed by atoms with E-state index in [9.17, 15) is 0 Å². The Morgan fingerprint density at radius 3 is 1.84 bits per heavy atom. The van der Waals surface area contributed by atoms with Crippen molar-refractivity contribution >= 4 is 43.2 Å². The molecule has 0 atom stereocenters. The number of hydrogen-bond acceptors (Lipinski definition) is 1. The maximum absolute atomic E-state index is 5.25. The number of aromatic nitrogens is 1. The molecule has 1 heterocycles. The van der Waals surface area contributed by atoms with Gasteiger partial charge in [0.15, 0.2) is 0 Å². The van der Waals surface area contributed by atoms with E-state index in [0.717, 1.165) is 11.2 Å². The molecule has 0 spiro atoms. The van der Waals surface area contributed by atoms with Crippen LogP contribution in [0, 0.1) is 20.8 Å². The maximum atomic E-state index is 5.25. The molecule has 0 saturated carbocycles. The van der Waals surface area contributed by atoms with E-state index in [1.165, 1.54) is 104 Å². The van der Waals surface area contributed by atoms with E-state index in [2.05, 4.69) is 130 Å². The molecule has 0 radical (unpaired) electrons. The van der Waals surface area contributed by atoms with Crippen LogP contribution >= 0.6 is 0 Å². The molecule has 0 unspecified atom stereocenters. The molecule has 2 aliphatic rings. The first kappa shape index (κ1) is 23.3. The van der Waals surface area contributed by atoms with Crippen molar-refractivity contribution in [2.75, 3.05) is 0 Å². The molecule has 43 heavy (non-hydrogen) atoms. The molecule has 0 N–H and O–H groups in total. The van der Waals surface area contributed by atoms with Gasteiger partial charge >= 0.3 is 0 Å². The second kappa shape index (κ2) is 7.96. The third-order valence-electron chi connectivity index (χ3n) is 9.97. The zero-order valence-electron chi connectivity index (χ0n) is 24.3. The molecule has 0 saturated heterocycles. The topological polar surface area (TPSA) is 12.9 Å². The quantitative estimate of drug-likeness (QED) is 0.187. The Bertz CT molecular complexity index is 2580. The van der Waals surface area contributed by atoms with E-state index in [0.29, 0.717) is 0 Å². The van der Waals surface area contributed by atoms with Gasteiger partial charge in [-0.3, -0.25) is 4.98 Å². The van der Waals surface area contributed by atoms with E-state index >= 15 is 0 Å². The summed E-state index contributed by atoms with van der Waals surface area (Å²) in [5.41, 5.74) is 17.8. The first-order chi connectivity index (χ1) is 21.1. The van der Waals surface area contributed by atoms with Crippen molar-refractivity contribution in [1.82, 2.24) is 4.98 Å². The van der Waals surface area contributed by atoms with E-state index in [1.807, 2.05) is 0 Å². The molecule has 10 rings (SSSR count). The highest BCUT2D eigenvalue weighted by atomic mass is 14.7. The van der Waals surface area contributed by atoms with Crippen molar-refractivity contribution in [3.05, 3.63) is 126 Å². The lowest BCUT2D eigenvalue weighted by Crippen LogP contribution is -1.92. The van der Waals surface area contributed by atoms with Crippen LogP contribution in [0.1, 0.15) is 16.8 Å². The molecular formula is C42H27N. The minimum absolute atomic E-state index is 1.05. The second-order valence-corrected chi connectivity index (χ2v) is 12.5. The minimum Gasteiger partial charge on any atom is -0.252 e. The van der Waals surface area contributed by atoms with Crippen LogP contribution in [-0.2, 0) is 0 Å². The molecule has 1 heteroatoms. The van der Waals surface area contributed by atoms with Crippen LogP contribution in [0.5, 0.6) is 0 Å². The smallest absolute Gasteiger partial charge is 0.0796 e. The Morgan fingerprint density at radius 1 is 0.395 bits per heavy atom. The van der Waals surface area contributed by atoms with E-state index in [4.69, 9.17) is 4.98 Å². The summed E-state index contributed by atoms with van der Waals surface area (Å²) in [5.74, 6) is 0. The molecule has 2 aliphatic carbocycles. The van der Waals surface area contributed by atoms with Crippen molar-refractivity contribution in [2.24, 2.45) is 0 Å². The van der Waals surface area contributed by atoms with Crippen molar-refractivity contribution in [3.63, 3.8) is 0 Å². The summed E-state index contributed by atoms with van der Waals surface area (Å²) in [6.45, 7) is 6.57. The van der Waals surface area contributed by atoms with E-state index in [1.54, 1.807) is 0 Å². The fourth-order valence-electron chi connectivity index (χ4n) is 8.16. The molecule has 8 aromatic rings. The molecule has 0 amide bonds. The van der Waals surface area contributed by atoms with Gasteiger partial charge in [0.05, 0.1) is 5.52 Å². The summed E-state index contributed by atoms with van der Waals surface area (Å²) in [6, 6.07) is 41.1. The molecular weight excluding hydrogens is 518 g/mol. The van der Waals surface area contributed by atoms with Gasteiger partial charge in [0.2, 0.25) is 0 Å². The van der Waals surface area contributed by atoms with Crippen molar-refractivity contribution in [3.8, 4) is 55.6 Å². The first-order valence-electron chi connectivity index (χ1n) is 15.1. The second-order valence-electron chi connectivity index (χ2n) is 12.5. The Morgan fingerprint density at radius 2 is 1.02 bits per heavy atom. The average molecular weight is 546 g/mol. The number of benzene rings is 7. The number of nitrogens with zero attached hydrogens (tertiary/aromatic N) is 1. The normalized spacial score (nSPS) is 12.5. The Balaban J connectivity index is 1.38. The fraction of sp³-hybridized carbons (Fsp3) is 0.0714. The van der Waals surface area contributed by atoms with Gasteiger partial charge in [0, 0.05) is 16.6 Å². The minimum atomic E-state index is 1.05. The molecule has 1 aromatic heterocycles. The van der Waals surface area contributed by atoms with Gasteiger partial charge in [-0.2, -0.15) is 0 Å². The van der Waals surface area contributed by atoms with Crippen LogP contribution in [0.15, 0.2) is 109 Å². The van der Waals surface area contributed by atoms with Gasteiger partial charge in [0.1, 0.15) is 0 Å². The lowest BCUT2D eigenvalue weighted by molar-refractivity contribution is 1.26. The summed E-state index contributed by atoms with van der Waals surface area (Å²) in [4.78, 5) is 5.25. The largest absolute Gasteiger partial charge is 0.252 e. The maximum Gasteiger partial charge on any atom is 0.0796 e. The number of fused-ring (bicyclic) bond motifs is 10. The molecule has 0 bridgehead atoms. The van der Waals surface area contributed by atoms with Gasteiger partial charge in [-0.15, -0.1) is 0 Å². The van der Waals surface area contributed by atoms with Gasteiger partial charge < -0.3 is 0 Å². The van der Waals surface area contributed by atoms with Crippen LogP contribution in [0.25, 0.3) is 98.9 Å². The third-order valence-corrected chi connectivity index (χ3v) is 9.97.